The molecule has 0 N–H and O–H groups in total. The van der Waals surface area contributed by atoms with Crippen LogP contribution < -0.4 is 9.47 Å². The van der Waals surface area contributed by atoms with E-state index in [1.807, 2.05) is 0 Å². The highest BCUT2D eigenvalue weighted by Crippen LogP contribution is 2.47. The van der Waals surface area contributed by atoms with Gasteiger partial charge in [-0.2, -0.15) is 0 Å². The molecule has 1 aliphatic heterocycles. The molecule has 4 aromatic carbocycles. The molecule has 174 valence electrons. The average molecular weight is 491 g/mol. The first kappa shape index (κ1) is 23.3. The fraction of sp³-hybridized carbons (Fsp3) is 0.226. The highest BCUT2D eigenvalue weighted by atomic mass is 28.3. The summed E-state index contributed by atoms with van der Waals surface area (Å²) in [5, 5.41) is 4.58. The van der Waals surface area contributed by atoms with Gasteiger partial charge in [0.2, 0.25) is 6.79 Å². The van der Waals surface area contributed by atoms with E-state index in [4.69, 9.17) is 9.47 Å². The van der Waals surface area contributed by atoms with Crippen molar-refractivity contribution in [3.63, 3.8) is 0 Å². The Labute approximate surface area is 210 Å². The molecule has 35 heavy (non-hydrogen) atoms. The first-order valence-corrected chi connectivity index (χ1v) is 19.0. The van der Waals surface area contributed by atoms with Gasteiger partial charge in [-0.1, -0.05) is 75.4 Å². The molecular weight excluding hydrogens is 461 g/mol. The van der Waals surface area contributed by atoms with Crippen molar-refractivity contribution in [1.82, 2.24) is 0 Å². The summed E-state index contributed by atoms with van der Waals surface area (Å²) >= 11 is 0. The summed E-state index contributed by atoms with van der Waals surface area (Å²) in [5.41, 5.74) is 11.2. The summed E-state index contributed by atoms with van der Waals surface area (Å²) in [6.07, 6.45) is 0. The Morgan fingerprint density at radius 2 is 1.00 bits per heavy atom. The number of hydrogen-bond donors (Lipinski definition) is 0. The van der Waals surface area contributed by atoms with Crippen molar-refractivity contribution < 1.29 is 9.47 Å². The Morgan fingerprint density at radius 1 is 0.571 bits per heavy atom. The van der Waals surface area contributed by atoms with Gasteiger partial charge < -0.3 is 9.47 Å². The molecule has 0 radical (unpaired) electrons. The standard InChI is InChI=1S/C31H30O2Si2/c1-34(2,3)17-15-22-7-11-26-24(19-22)9-13-28-30(26)31-27-12-8-23(16-18-35(4,5)6)20-25(27)10-14-29(31)33-21-32-28/h7-14,19-20H,21H2,1-6H3. The SMILES string of the molecule is C[Si](C)(C)C#Cc1ccc2c3c(ccc2c1)OCOc1ccc2cc(C#C[Si](C)(C)C)ccc2c1-3. The second-order valence-corrected chi connectivity index (χ2v) is 20.7. The van der Waals surface area contributed by atoms with Crippen molar-refractivity contribution in [3.8, 4) is 45.6 Å². The molecule has 0 fully saturated rings. The topological polar surface area (TPSA) is 18.5 Å². The molecule has 1 heterocycles. The summed E-state index contributed by atoms with van der Waals surface area (Å²) in [7, 11) is -2.88. The van der Waals surface area contributed by atoms with Crippen LogP contribution in [0, 0.1) is 22.9 Å². The maximum absolute atomic E-state index is 6.05. The molecule has 0 saturated carbocycles. The van der Waals surface area contributed by atoms with Crippen LogP contribution in [0.1, 0.15) is 11.1 Å². The fourth-order valence-electron chi connectivity index (χ4n) is 4.21. The van der Waals surface area contributed by atoms with Gasteiger partial charge in [0.05, 0.1) is 0 Å². The predicted molar refractivity (Wildman–Crippen MR) is 153 cm³/mol. The van der Waals surface area contributed by atoms with Gasteiger partial charge in [-0.25, -0.2) is 0 Å². The molecule has 2 nitrogen and oxygen atoms in total. The third-order valence-electron chi connectivity index (χ3n) is 5.81. The van der Waals surface area contributed by atoms with Crippen LogP contribution in [0.25, 0.3) is 32.7 Å². The number of hydrogen-bond acceptors (Lipinski definition) is 2. The van der Waals surface area contributed by atoms with Crippen molar-refractivity contribution in [2.24, 2.45) is 0 Å². The highest BCUT2D eigenvalue weighted by Gasteiger charge is 2.22. The summed E-state index contributed by atoms with van der Waals surface area (Å²) in [4.78, 5) is 0. The summed E-state index contributed by atoms with van der Waals surface area (Å²) in [6.45, 7) is 13.8. The Kier molecular flexibility index (Phi) is 5.76. The van der Waals surface area contributed by atoms with E-state index in [0.29, 0.717) is 0 Å². The Bertz CT molecular complexity index is 1480. The zero-order valence-corrected chi connectivity index (χ0v) is 23.3. The van der Waals surface area contributed by atoms with E-state index in [1.165, 1.54) is 0 Å². The largest absolute Gasteiger partial charge is 0.457 e. The van der Waals surface area contributed by atoms with Crippen LogP contribution in [-0.4, -0.2) is 22.9 Å². The van der Waals surface area contributed by atoms with E-state index in [-0.39, 0.29) is 6.79 Å². The van der Waals surface area contributed by atoms with E-state index >= 15 is 0 Å². The van der Waals surface area contributed by atoms with Crippen molar-refractivity contribution >= 4 is 37.7 Å². The van der Waals surface area contributed by atoms with Crippen molar-refractivity contribution in [3.05, 3.63) is 71.8 Å². The van der Waals surface area contributed by atoms with Gasteiger partial charge in [-0.05, 0) is 57.9 Å². The molecule has 4 aromatic rings. The lowest BCUT2D eigenvalue weighted by Gasteiger charge is -2.14. The lowest BCUT2D eigenvalue weighted by molar-refractivity contribution is 0.125. The normalized spacial score (nSPS) is 12.7. The Balaban J connectivity index is 1.72. The van der Waals surface area contributed by atoms with Gasteiger partial charge in [0.1, 0.15) is 27.6 Å². The molecule has 1 aliphatic rings. The first-order chi connectivity index (χ1) is 16.6. The minimum Gasteiger partial charge on any atom is -0.457 e. The first-order valence-electron chi connectivity index (χ1n) is 12.0. The molecule has 0 aromatic heterocycles. The molecule has 0 unspecified atom stereocenters. The molecule has 0 aliphatic carbocycles. The van der Waals surface area contributed by atoms with Crippen LogP contribution in [0.3, 0.4) is 0 Å². The molecule has 0 atom stereocenters. The maximum atomic E-state index is 6.05. The van der Waals surface area contributed by atoms with Crippen LogP contribution in [0.4, 0.5) is 0 Å². The zero-order chi connectivity index (χ0) is 24.8. The maximum Gasteiger partial charge on any atom is 0.230 e. The molecule has 4 heteroatoms. The van der Waals surface area contributed by atoms with Crippen LogP contribution in [0.5, 0.6) is 11.5 Å². The summed E-state index contributed by atoms with van der Waals surface area (Å²) < 4.78 is 12.1. The minimum absolute atomic E-state index is 0.191. The van der Waals surface area contributed by atoms with E-state index < -0.39 is 16.1 Å². The second-order valence-electron chi connectivity index (χ2n) is 11.2. The lowest BCUT2D eigenvalue weighted by Crippen LogP contribution is -2.16. The zero-order valence-electron chi connectivity index (χ0n) is 21.3. The Hall–Kier alpha value is -3.45. The molecular formula is C31H30O2Si2. The van der Waals surface area contributed by atoms with Crippen molar-refractivity contribution in [2.75, 3.05) is 6.79 Å². The third kappa shape index (κ3) is 5.00. The van der Waals surface area contributed by atoms with Gasteiger partial charge in [0.25, 0.3) is 0 Å². The Morgan fingerprint density at radius 3 is 1.40 bits per heavy atom. The van der Waals surface area contributed by atoms with E-state index in [9.17, 15) is 0 Å². The van der Waals surface area contributed by atoms with Gasteiger partial charge >= 0.3 is 0 Å². The third-order valence-corrected chi connectivity index (χ3v) is 7.56. The number of rotatable bonds is 0. The summed E-state index contributed by atoms with van der Waals surface area (Å²) in [5.74, 6) is 8.46. The van der Waals surface area contributed by atoms with Crippen LogP contribution in [-0.2, 0) is 0 Å². The summed E-state index contributed by atoms with van der Waals surface area (Å²) in [6, 6.07) is 21.3. The molecule has 5 rings (SSSR count). The number of fused-ring (bicyclic) bond motifs is 7. The van der Waals surface area contributed by atoms with Crippen LogP contribution in [0.2, 0.25) is 39.3 Å². The van der Waals surface area contributed by atoms with Gasteiger partial charge in [0, 0.05) is 22.3 Å². The molecule has 0 amide bonds. The fourth-order valence-corrected chi connectivity index (χ4v) is 5.25. The van der Waals surface area contributed by atoms with E-state index in [1.54, 1.807) is 0 Å². The van der Waals surface area contributed by atoms with Crippen molar-refractivity contribution in [1.29, 1.82) is 0 Å². The van der Waals surface area contributed by atoms with Crippen LogP contribution >= 0.6 is 0 Å². The number of ether oxygens (including phenoxy) is 2. The van der Waals surface area contributed by atoms with Gasteiger partial charge in [0.15, 0.2) is 0 Å². The minimum atomic E-state index is -1.44. The molecule has 0 spiro atoms. The van der Waals surface area contributed by atoms with Crippen LogP contribution in [0.15, 0.2) is 60.7 Å². The highest BCUT2D eigenvalue weighted by molar-refractivity contribution is 6.84. The quantitative estimate of drug-likeness (QED) is 0.185. The van der Waals surface area contributed by atoms with E-state index in [2.05, 4.69) is 123 Å². The monoisotopic (exact) mass is 490 g/mol. The number of benzene rings is 4. The van der Waals surface area contributed by atoms with Crippen molar-refractivity contribution in [2.45, 2.75) is 39.3 Å². The smallest absolute Gasteiger partial charge is 0.230 e. The lowest BCUT2D eigenvalue weighted by atomic mass is 9.91. The average Bonchev–Trinajstić information content (AvgIpc) is 2.99. The second kappa shape index (κ2) is 8.65. The molecule has 0 bridgehead atoms. The van der Waals surface area contributed by atoms with Gasteiger partial charge in [-0.3, -0.25) is 0 Å². The van der Waals surface area contributed by atoms with Gasteiger partial charge in [-0.15, -0.1) is 11.1 Å². The molecule has 0 saturated heterocycles. The predicted octanol–water partition coefficient (Wildman–Crippen LogP) is 7.85. The van der Waals surface area contributed by atoms with E-state index in [0.717, 1.165) is 55.3 Å².